The Morgan fingerprint density at radius 3 is 1.85 bits per heavy atom. The van der Waals surface area contributed by atoms with Crippen LogP contribution in [0.1, 0.15) is 56.4 Å². The fourth-order valence-corrected chi connectivity index (χ4v) is 7.23. The summed E-state index contributed by atoms with van der Waals surface area (Å²) < 4.78 is 0. The smallest absolute Gasteiger partial charge is 0.326 e. The van der Waals surface area contributed by atoms with Crippen molar-refractivity contribution in [2.45, 2.75) is 95.0 Å². The number of carboxylic acids is 1. The molecule has 0 radical (unpaired) electrons. The molecule has 2 aromatic carbocycles. The highest BCUT2D eigenvalue weighted by Crippen LogP contribution is 2.20. The van der Waals surface area contributed by atoms with E-state index in [0.717, 1.165) is 0 Å². The van der Waals surface area contributed by atoms with Gasteiger partial charge < -0.3 is 68.6 Å². The molecule has 22 heteroatoms. The highest BCUT2D eigenvalue weighted by Gasteiger charge is 2.39. The number of phenolic OH excluding ortho intramolecular Hbond substituents is 2. The summed E-state index contributed by atoms with van der Waals surface area (Å²) >= 11 is 0. The Kier molecular flexibility index (Phi) is 19.1. The Morgan fingerprint density at radius 1 is 0.785 bits per heavy atom. The molecule has 1 aliphatic rings. The lowest BCUT2D eigenvalue weighted by molar-refractivity contribution is -0.149. The van der Waals surface area contributed by atoms with E-state index in [-0.39, 0.29) is 69.2 Å². The minimum Gasteiger partial charge on any atom is -0.508 e. The molecule has 6 atom stereocenters. The maximum atomic E-state index is 14.5. The second-order valence-electron chi connectivity index (χ2n) is 16.1. The van der Waals surface area contributed by atoms with Crippen molar-refractivity contribution in [3.63, 3.8) is 0 Å². The summed E-state index contributed by atoms with van der Waals surface area (Å²) in [5, 5.41) is 46.0. The van der Waals surface area contributed by atoms with Crippen molar-refractivity contribution in [2.75, 3.05) is 26.7 Å². The number of guanidine groups is 1. The van der Waals surface area contributed by atoms with E-state index in [1.54, 1.807) is 33.0 Å². The van der Waals surface area contributed by atoms with Crippen molar-refractivity contribution in [1.29, 1.82) is 0 Å². The van der Waals surface area contributed by atoms with Crippen LogP contribution in [0.2, 0.25) is 0 Å². The molecule has 14 N–H and O–H groups in total. The molecule has 2 heterocycles. The van der Waals surface area contributed by atoms with E-state index in [1.165, 1.54) is 53.8 Å². The van der Waals surface area contributed by atoms with Gasteiger partial charge in [0.05, 0.1) is 12.9 Å². The molecular formula is C43H60N12O10. The lowest BCUT2D eigenvalue weighted by Gasteiger charge is -2.30. The lowest BCUT2D eigenvalue weighted by Crippen LogP contribution is -2.61. The molecule has 65 heavy (non-hydrogen) atoms. The third-order valence-corrected chi connectivity index (χ3v) is 10.6. The Hall–Kier alpha value is -7.23. The number of aliphatic carboxylic acids is 1. The summed E-state index contributed by atoms with van der Waals surface area (Å²) in [6, 6.07) is 4.24. The van der Waals surface area contributed by atoms with Gasteiger partial charge in [0.25, 0.3) is 0 Å². The first-order chi connectivity index (χ1) is 30.9. The van der Waals surface area contributed by atoms with E-state index in [4.69, 9.17) is 11.5 Å². The summed E-state index contributed by atoms with van der Waals surface area (Å²) in [7, 11) is 1.56. The number of H-pyrrole nitrogens is 1. The van der Waals surface area contributed by atoms with Gasteiger partial charge in [-0.1, -0.05) is 38.1 Å². The van der Waals surface area contributed by atoms with E-state index in [0.29, 0.717) is 29.7 Å². The van der Waals surface area contributed by atoms with Gasteiger partial charge in [-0.15, -0.1) is 0 Å². The monoisotopic (exact) mass is 904 g/mol. The Labute approximate surface area is 375 Å². The molecule has 0 spiro atoms. The van der Waals surface area contributed by atoms with E-state index in [9.17, 15) is 48.9 Å². The summed E-state index contributed by atoms with van der Waals surface area (Å²) in [6.45, 7) is 3.59. The Bertz CT molecular complexity index is 2110. The number of carbonyl (C=O) groups is 7. The van der Waals surface area contributed by atoms with Crippen LogP contribution in [-0.2, 0) is 52.8 Å². The predicted octanol–water partition coefficient (Wildman–Crippen LogP) is -1.72. The zero-order valence-electron chi connectivity index (χ0n) is 36.6. The standard InChI is InChI=1S/C43H60N12O10/c1-24(2)36(54-37(59)30(50-35(58)22-46-3)6-4-16-48-43(44)45)40(62)52-32(19-26-10-14-29(57)15-11-26)38(60)51-31(18-25-8-12-28(56)13-9-25)39(61)53-33(20-27-21-47-23-49-27)41(63)55-17-5-7-34(55)42(64)65/h8-15,21,23-24,30-34,36,46,56-57H,4-7,16-20,22H2,1-3H3,(H,47,49)(H,50,58)(H,51,60)(H,52,62)(H,53,61)(H,54,59)(H,64,65)(H4,44,45,48)/t30-,31-,32-,33-,34-,36-/m0/s1. The topological polar surface area (TPSA) is 349 Å². The van der Waals surface area contributed by atoms with Gasteiger partial charge in [0.1, 0.15) is 47.8 Å². The van der Waals surface area contributed by atoms with Gasteiger partial charge in [-0.25, -0.2) is 9.78 Å². The van der Waals surface area contributed by atoms with Crippen molar-refractivity contribution >= 4 is 47.4 Å². The number of aromatic amines is 1. The number of amides is 6. The highest BCUT2D eigenvalue weighted by atomic mass is 16.4. The van der Waals surface area contributed by atoms with Gasteiger partial charge >= 0.3 is 5.97 Å². The van der Waals surface area contributed by atoms with Gasteiger partial charge in [0.2, 0.25) is 35.4 Å². The van der Waals surface area contributed by atoms with Gasteiger partial charge in [-0.05, 0) is 74.0 Å². The van der Waals surface area contributed by atoms with Crippen LogP contribution in [0.25, 0.3) is 0 Å². The van der Waals surface area contributed by atoms with Crippen LogP contribution in [0.15, 0.2) is 66.0 Å². The van der Waals surface area contributed by atoms with E-state index >= 15 is 0 Å². The molecule has 1 fully saturated rings. The SMILES string of the molecule is CNCC(=O)N[C@@H](CCCN=C(N)N)C(=O)N[C@H](C(=O)N[C@@H](Cc1ccc(O)cc1)C(=O)N[C@@H](Cc1ccc(O)cc1)C(=O)N[C@@H](Cc1cnc[nH]1)C(=O)N1CCC[C@H]1C(=O)O)C(C)C. The molecule has 0 bridgehead atoms. The van der Waals surface area contributed by atoms with Gasteiger partial charge in [-0.2, -0.15) is 0 Å². The number of imidazole rings is 1. The summed E-state index contributed by atoms with van der Waals surface area (Å²) in [4.78, 5) is 107. The molecule has 352 valence electrons. The lowest BCUT2D eigenvalue weighted by atomic mass is 9.99. The molecule has 22 nitrogen and oxygen atoms in total. The molecule has 1 aliphatic heterocycles. The van der Waals surface area contributed by atoms with Crippen LogP contribution < -0.4 is 43.4 Å². The molecule has 1 aromatic heterocycles. The average Bonchev–Trinajstić information content (AvgIpc) is 3.97. The molecule has 4 rings (SSSR count). The van der Waals surface area contributed by atoms with Crippen molar-refractivity contribution in [3.8, 4) is 11.5 Å². The maximum Gasteiger partial charge on any atom is 0.326 e. The predicted molar refractivity (Wildman–Crippen MR) is 237 cm³/mol. The van der Waals surface area contributed by atoms with Gasteiger partial charge in [0, 0.05) is 44.2 Å². The number of carboxylic acid groups (broad SMARTS) is 1. The normalized spacial score (nSPS) is 15.7. The van der Waals surface area contributed by atoms with Crippen molar-refractivity contribution in [3.05, 3.63) is 77.9 Å². The van der Waals surface area contributed by atoms with Gasteiger partial charge in [-0.3, -0.25) is 33.8 Å². The number of likely N-dealkylation sites (tertiary alicyclic amines) is 1. The number of nitrogens with two attached hydrogens (primary N) is 2. The van der Waals surface area contributed by atoms with Crippen molar-refractivity contribution < 1.29 is 48.9 Å². The quantitative estimate of drug-likeness (QED) is 0.0270. The molecule has 0 unspecified atom stereocenters. The number of rotatable bonds is 24. The van der Waals surface area contributed by atoms with Crippen LogP contribution >= 0.6 is 0 Å². The van der Waals surface area contributed by atoms with Crippen LogP contribution in [0.4, 0.5) is 0 Å². The first-order valence-corrected chi connectivity index (χ1v) is 21.2. The molecule has 0 saturated carbocycles. The number of carbonyl (C=O) groups excluding carboxylic acids is 6. The molecule has 3 aromatic rings. The van der Waals surface area contributed by atoms with E-state index < -0.39 is 83.6 Å². The minimum absolute atomic E-state index is 0.0514. The second kappa shape index (κ2) is 24.6. The number of aliphatic imine (C=N–C) groups is 1. The number of hydrogen-bond acceptors (Lipinski definition) is 12. The Balaban J connectivity index is 1.64. The van der Waals surface area contributed by atoms with Crippen LogP contribution in [0, 0.1) is 5.92 Å². The zero-order valence-corrected chi connectivity index (χ0v) is 36.6. The third-order valence-electron chi connectivity index (χ3n) is 10.6. The van der Waals surface area contributed by atoms with Crippen LogP contribution in [0.5, 0.6) is 11.5 Å². The number of hydrogen-bond donors (Lipinski definition) is 12. The van der Waals surface area contributed by atoms with Crippen LogP contribution in [0.3, 0.4) is 0 Å². The summed E-state index contributed by atoms with van der Waals surface area (Å²) in [5.41, 5.74) is 12.3. The number of nitrogens with one attached hydrogen (secondary N) is 7. The van der Waals surface area contributed by atoms with Crippen molar-refractivity contribution in [2.24, 2.45) is 22.4 Å². The third kappa shape index (κ3) is 15.8. The molecule has 0 aliphatic carbocycles. The molecular weight excluding hydrogens is 845 g/mol. The second-order valence-corrected chi connectivity index (χ2v) is 16.1. The first kappa shape index (κ1) is 50.4. The number of phenols is 2. The average molecular weight is 905 g/mol. The number of nitrogens with zero attached hydrogens (tertiary/aromatic N) is 3. The maximum absolute atomic E-state index is 14.5. The fraction of sp³-hybridized carbons (Fsp3) is 0.465. The zero-order chi connectivity index (χ0) is 47.6. The molecule has 6 amide bonds. The highest BCUT2D eigenvalue weighted by molar-refractivity contribution is 5.97. The summed E-state index contributed by atoms with van der Waals surface area (Å²) in [5.74, 6) is -6.19. The minimum atomic E-state index is -1.40. The van der Waals surface area contributed by atoms with E-state index in [2.05, 4.69) is 46.9 Å². The van der Waals surface area contributed by atoms with E-state index in [1.807, 2.05) is 0 Å². The Morgan fingerprint density at radius 2 is 1.34 bits per heavy atom. The largest absolute Gasteiger partial charge is 0.508 e. The number of aromatic nitrogens is 2. The first-order valence-electron chi connectivity index (χ1n) is 21.2. The van der Waals surface area contributed by atoms with Crippen LogP contribution in [-0.4, -0.2) is 140 Å². The number of likely N-dealkylation sites (N-methyl/N-ethyl adjacent to an activating group) is 1. The van der Waals surface area contributed by atoms with Crippen molar-refractivity contribution in [1.82, 2.24) is 46.8 Å². The van der Waals surface area contributed by atoms with Gasteiger partial charge in [0.15, 0.2) is 5.96 Å². The summed E-state index contributed by atoms with van der Waals surface area (Å²) in [6.07, 6.45) is 3.55. The molecule has 1 saturated heterocycles. The fourth-order valence-electron chi connectivity index (χ4n) is 7.23. The number of aromatic hydroxyl groups is 2. The number of benzene rings is 2.